The first-order valence-corrected chi connectivity index (χ1v) is 7.04. The molecule has 0 saturated heterocycles. The molecule has 4 N–H and O–H groups in total. The van der Waals surface area contributed by atoms with Crippen molar-refractivity contribution in [2.45, 2.75) is 13.3 Å². The van der Waals surface area contributed by atoms with E-state index in [-0.39, 0.29) is 11.6 Å². The van der Waals surface area contributed by atoms with Crippen LogP contribution < -0.4 is 11.1 Å². The first kappa shape index (κ1) is 12.6. The van der Waals surface area contributed by atoms with Crippen LogP contribution in [-0.2, 0) is 6.42 Å². The Kier molecular flexibility index (Phi) is 3.11. The Balaban J connectivity index is 1.85. The molecule has 3 rings (SSSR count). The third-order valence-electron chi connectivity index (χ3n) is 3.04. The largest absolute Gasteiger partial charge is 0.395 e. The summed E-state index contributed by atoms with van der Waals surface area (Å²) < 4.78 is 1.02. The normalized spacial score (nSPS) is 10.8. The lowest BCUT2D eigenvalue weighted by Crippen LogP contribution is -2.14. The van der Waals surface area contributed by atoms with Crippen LogP contribution >= 0.6 is 11.3 Å². The number of aromatic nitrogens is 3. The molecule has 0 aliphatic rings. The maximum absolute atomic E-state index is 12.2. The van der Waals surface area contributed by atoms with E-state index in [1.165, 1.54) is 11.3 Å². The summed E-state index contributed by atoms with van der Waals surface area (Å²) in [6.07, 6.45) is 0.707. The lowest BCUT2D eigenvalue weighted by molar-refractivity contribution is 0.102. The number of anilines is 2. The number of nitrogens with one attached hydrogen (secondary N) is 2. The number of nitrogens with two attached hydrogens (primary N) is 1. The van der Waals surface area contributed by atoms with Gasteiger partial charge in [-0.05, 0) is 24.6 Å². The summed E-state index contributed by atoms with van der Waals surface area (Å²) in [5, 5.41) is 9.53. The number of rotatable bonds is 3. The Morgan fingerprint density at radius 1 is 1.50 bits per heavy atom. The van der Waals surface area contributed by atoms with E-state index in [9.17, 15) is 4.79 Å². The standard InChI is InChI=1S/C13H13N5OS/c1-2-8-11(14)12(18-17-8)13(19)16-7-3-4-9-10(5-7)20-6-15-9/h3-6H,2,14H2,1H3,(H,16,19)(H,17,18). The zero-order chi connectivity index (χ0) is 14.1. The number of amides is 1. The number of carbonyl (C=O) groups excluding carboxylic acids is 1. The van der Waals surface area contributed by atoms with Gasteiger partial charge in [0.15, 0.2) is 5.69 Å². The number of thiazole rings is 1. The van der Waals surface area contributed by atoms with Gasteiger partial charge in [0.05, 0.1) is 27.1 Å². The Labute approximate surface area is 119 Å². The molecule has 0 fully saturated rings. The lowest BCUT2D eigenvalue weighted by Gasteiger charge is -2.03. The van der Waals surface area contributed by atoms with Crippen molar-refractivity contribution in [3.8, 4) is 0 Å². The zero-order valence-electron chi connectivity index (χ0n) is 10.8. The van der Waals surface area contributed by atoms with Crippen LogP contribution in [0.15, 0.2) is 23.7 Å². The Morgan fingerprint density at radius 3 is 3.10 bits per heavy atom. The van der Waals surface area contributed by atoms with Gasteiger partial charge < -0.3 is 11.1 Å². The molecule has 20 heavy (non-hydrogen) atoms. The molecule has 0 saturated carbocycles. The highest BCUT2D eigenvalue weighted by atomic mass is 32.1. The van der Waals surface area contributed by atoms with Crippen LogP contribution in [0.1, 0.15) is 23.1 Å². The number of hydrogen-bond donors (Lipinski definition) is 3. The number of fused-ring (bicyclic) bond motifs is 1. The van der Waals surface area contributed by atoms with E-state index in [1.54, 1.807) is 5.51 Å². The third kappa shape index (κ3) is 2.12. The van der Waals surface area contributed by atoms with Crippen LogP contribution in [0.4, 0.5) is 11.4 Å². The minimum Gasteiger partial charge on any atom is -0.395 e. The van der Waals surface area contributed by atoms with Crippen molar-refractivity contribution in [1.82, 2.24) is 15.2 Å². The van der Waals surface area contributed by atoms with Crippen molar-refractivity contribution in [3.05, 3.63) is 35.1 Å². The SMILES string of the molecule is CCc1[nH]nc(C(=O)Nc2ccc3ncsc3c2)c1N. The van der Waals surface area contributed by atoms with E-state index in [4.69, 9.17) is 5.73 Å². The molecule has 3 aromatic rings. The lowest BCUT2D eigenvalue weighted by atomic mass is 10.2. The van der Waals surface area contributed by atoms with Crippen molar-refractivity contribution in [2.24, 2.45) is 0 Å². The minimum atomic E-state index is -0.317. The smallest absolute Gasteiger partial charge is 0.278 e. The monoisotopic (exact) mass is 287 g/mol. The van der Waals surface area contributed by atoms with Crippen LogP contribution in [0.25, 0.3) is 10.2 Å². The average Bonchev–Trinajstić information content (AvgIpc) is 3.04. The molecular formula is C13H13N5OS. The van der Waals surface area contributed by atoms with Crippen LogP contribution in [0.2, 0.25) is 0 Å². The van der Waals surface area contributed by atoms with Gasteiger partial charge in [0, 0.05) is 5.69 Å². The summed E-state index contributed by atoms with van der Waals surface area (Å²) >= 11 is 1.53. The Hall–Kier alpha value is -2.41. The highest BCUT2D eigenvalue weighted by Crippen LogP contribution is 2.23. The van der Waals surface area contributed by atoms with Gasteiger partial charge in [0.1, 0.15) is 0 Å². The van der Waals surface area contributed by atoms with E-state index in [1.807, 2.05) is 25.1 Å². The summed E-state index contributed by atoms with van der Waals surface area (Å²) in [5.41, 5.74) is 10.7. The fraction of sp³-hybridized carbons (Fsp3) is 0.154. The molecule has 0 unspecified atom stereocenters. The highest BCUT2D eigenvalue weighted by Gasteiger charge is 2.16. The second-order valence-electron chi connectivity index (χ2n) is 4.31. The van der Waals surface area contributed by atoms with E-state index >= 15 is 0 Å². The second-order valence-corrected chi connectivity index (χ2v) is 5.19. The van der Waals surface area contributed by atoms with Crippen LogP contribution in [0.3, 0.4) is 0 Å². The number of nitrogens with zero attached hydrogens (tertiary/aromatic N) is 2. The number of H-pyrrole nitrogens is 1. The fourth-order valence-corrected chi connectivity index (χ4v) is 2.67. The molecule has 6 nitrogen and oxygen atoms in total. The number of aromatic amines is 1. The van der Waals surface area contributed by atoms with Gasteiger partial charge in [0.2, 0.25) is 0 Å². The highest BCUT2D eigenvalue weighted by molar-refractivity contribution is 7.16. The minimum absolute atomic E-state index is 0.228. The molecular weight excluding hydrogens is 274 g/mol. The van der Waals surface area contributed by atoms with Gasteiger partial charge in [-0.1, -0.05) is 6.92 Å². The van der Waals surface area contributed by atoms with Crippen molar-refractivity contribution in [1.29, 1.82) is 0 Å². The van der Waals surface area contributed by atoms with Crippen molar-refractivity contribution in [2.75, 3.05) is 11.1 Å². The summed E-state index contributed by atoms with van der Waals surface area (Å²) in [7, 11) is 0. The van der Waals surface area contributed by atoms with Gasteiger partial charge in [-0.15, -0.1) is 11.3 Å². The van der Waals surface area contributed by atoms with Gasteiger partial charge in [-0.25, -0.2) is 4.98 Å². The maximum atomic E-state index is 12.2. The predicted octanol–water partition coefficient (Wildman–Crippen LogP) is 2.42. The Bertz CT molecular complexity index is 776. The summed E-state index contributed by atoms with van der Waals surface area (Å²) in [4.78, 5) is 16.3. The maximum Gasteiger partial charge on any atom is 0.278 e. The molecule has 0 aliphatic heterocycles. The molecule has 0 radical (unpaired) electrons. The zero-order valence-corrected chi connectivity index (χ0v) is 11.6. The molecule has 0 bridgehead atoms. The number of aryl methyl sites for hydroxylation is 1. The molecule has 7 heteroatoms. The number of nitrogen functional groups attached to an aromatic ring is 1. The average molecular weight is 287 g/mol. The van der Waals surface area contributed by atoms with Crippen LogP contribution in [0.5, 0.6) is 0 Å². The first-order valence-electron chi connectivity index (χ1n) is 6.16. The van der Waals surface area contributed by atoms with Crippen molar-refractivity contribution < 1.29 is 4.79 Å². The van der Waals surface area contributed by atoms with Crippen molar-refractivity contribution in [3.63, 3.8) is 0 Å². The van der Waals surface area contributed by atoms with Crippen molar-refractivity contribution >= 4 is 38.8 Å². The molecule has 0 spiro atoms. The molecule has 0 atom stereocenters. The van der Waals surface area contributed by atoms with Gasteiger partial charge >= 0.3 is 0 Å². The van der Waals surface area contributed by atoms with E-state index in [2.05, 4.69) is 20.5 Å². The molecule has 1 aromatic carbocycles. The third-order valence-corrected chi connectivity index (χ3v) is 3.83. The van der Waals surface area contributed by atoms with E-state index in [0.29, 0.717) is 17.8 Å². The fourth-order valence-electron chi connectivity index (χ4n) is 1.95. The van der Waals surface area contributed by atoms with Crippen LogP contribution in [-0.4, -0.2) is 21.1 Å². The van der Waals surface area contributed by atoms with E-state index in [0.717, 1.165) is 15.9 Å². The second kappa shape index (κ2) is 4.93. The topological polar surface area (TPSA) is 96.7 Å². The van der Waals surface area contributed by atoms with Crippen LogP contribution in [0, 0.1) is 0 Å². The summed E-state index contributed by atoms with van der Waals surface area (Å²) in [5.74, 6) is -0.317. The molecule has 102 valence electrons. The van der Waals surface area contributed by atoms with Gasteiger partial charge in [0.25, 0.3) is 5.91 Å². The molecule has 2 heterocycles. The Morgan fingerprint density at radius 2 is 2.35 bits per heavy atom. The number of carbonyl (C=O) groups is 1. The molecule has 1 amide bonds. The summed E-state index contributed by atoms with van der Waals surface area (Å²) in [6, 6.07) is 5.56. The molecule has 2 aromatic heterocycles. The number of benzene rings is 1. The summed E-state index contributed by atoms with van der Waals surface area (Å²) in [6.45, 7) is 1.95. The molecule has 0 aliphatic carbocycles. The number of hydrogen-bond acceptors (Lipinski definition) is 5. The quantitative estimate of drug-likeness (QED) is 0.689. The van der Waals surface area contributed by atoms with Gasteiger partial charge in [-0.2, -0.15) is 5.10 Å². The predicted molar refractivity (Wildman–Crippen MR) is 80.0 cm³/mol. The van der Waals surface area contributed by atoms with Gasteiger partial charge in [-0.3, -0.25) is 9.89 Å². The van der Waals surface area contributed by atoms with E-state index < -0.39 is 0 Å². The first-order chi connectivity index (χ1) is 9.69.